The van der Waals surface area contributed by atoms with Gasteiger partial charge in [-0.3, -0.25) is 9.59 Å². The van der Waals surface area contributed by atoms with Crippen LogP contribution in [-0.2, 0) is 6.54 Å². The molecule has 0 radical (unpaired) electrons. The summed E-state index contributed by atoms with van der Waals surface area (Å²) in [6.45, 7) is 5.54. The molecule has 1 fully saturated rings. The van der Waals surface area contributed by atoms with Gasteiger partial charge in [0, 0.05) is 42.7 Å². The van der Waals surface area contributed by atoms with Crippen LogP contribution in [0.4, 0.5) is 0 Å². The fourth-order valence-electron chi connectivity index (χ4n) is 4.30. The number of likely N-dealkylation sites (tertiary alicyclic amines) is 1. The van der Waals surface area contributed by atoms with Gasteiger partial charge in [0.15, 0.2) is 0 Å². The van der Waals surface area contributed by atoms with Gasteiger partial charge in [0.2, 0.25) is 5.82 Å². The highest BCUT2D eigenvalue weighted by Gasteiger charge is 2.27. The molecule has 3 aromatic heterocycles. The molecule has 1 saturated heterocycles. The molecule has 33 heavy (non-hydrogen) atoms. The van der Waals surface area contributed by atoms with Crippen LogP contribution in [0, 0.1) is 19.8 Å². The third-order valence-corrected chi connectivity index (χ3v) is 6.08. The molecule has 0 saturated carbocycles. The number of aryl methyl sites for hydroxylation is 2. The lowest BCUT2D eigenvalue weighted by Crippen LogP contribution is -2.40. The smallest absolute Gasteiger partial charge is 0.293 e. The number of hydrogen-bond acceptors (Lipinski definition) is 6. The molecule has 1 aliphatic rings. The number of carbonyl (C=O) groups is 1. The van der Waals surface area contributed by atoms with Gasteiger partial charge < -0.3 is 4.90 Å². The summed E-state index contributed by atoms with van der Waals surface area (Å²) in [6, 6.07) is 15.1. The number of fused-ring (bicyclic) bond motifs is 1. The van der Waals surface area contributed by atoms with Crippen molar-refractivity contribution in [1.29, 1.82) is 0 Å². The number of piperidine rings is 1. The van der Waals surface area contributed by atoms with Crippen molar-refractivity contribution in [1.82, 2.24) is 34.3 Å². The third-order valence-electron chi connectivity index (χ3n) is 6.08. The van der Waals surface area contributed by atoms with Crippen molar-refractivity contribution < 1.29 is 4.79 Å². The fraction of sp³-hybridized carbons (Fsp3) is 0.333. The first kappa shape index (κ1) is 21.0. The van der Waals surface area contributed by atoms with E-state index in [9.17, 15) is 9.59 Å². The van der Waals surface area contributed by atoms with Crippen molar-refractivity contribution in [3.63, 3.8) is 0 Å². The highest BCUT2D eigenvalue weighted by Crippen LogP contribution is 2.21. The molecule has 9 heteroatoms. The van der Waals surface area contributed by atoms with Crippen molar-refractivity contribution in [2.24, 2.45) is 5.92 Å². The van der Waals surface area contributed by atoms with Crippen LogP contribution in [-0.4, -0.2) is 53.3 Å². The zero-order valence-corrected chi connectivity index (χ0v) is 18.7. The Kier molecular flexibility index (Phi) is 5.45. The van der Waals surface area contributed by atoms with Gasteiger partial charge in [0.05, 0.1) is 5.69 Å². The van der Waals surface area contributed by atoms with Crippen LogP contribution >= 0.6 is 0 Å². The van der Waals surface area contributed by atoms with Crippen LogP contribution in [0.2, 0.25) is 0 Å². The Morgan fingerprint density at radius 3 is 2.52 bits per heavy atom. The number of nitrogens with zero attached hydrogens (tertiary/aromatic N) is 7. The molecular formula is C24H25N7O2. The minimum atomic E-state index is -0.183. The van der Waals surface area contributed by atoms with Crippen LogP contribution in [0.3, 0.4) is 0 Å². The van der Waals surface area contributed by atoms with Gasteiger partial charge in [-0.25, -0.2) is 14.2 Å². The first-order valence-electron chi connectivity index (χ1n) is 11.1. The first-order valence-corrected chi connectivity index (χ1v) is 11.1. The summed E-state index contributed by atoms with van der Waals surface area (Å²) in [5, 5.41) is 8.93. The largest absolute Gasteiger partial charge is 0.336 e. The third kappa shape index (κ3) is 4.26. The summed E-state index contributed by atoms with van der Waals surface area (Å²) in [4.78, 5) is 35.8. The molecule has 0 bridgehead atoms. The van der Waals surface area contributed by atoms with Gasteiger partial charge in [-0.05, 0) is 44.7 Å². The molecule has 1 aliphatic heterocycles. The maximum Gasteiger partial charge on any atom is 0.293 e. The van der Waals surface area contributed by atoms with E-state index in [2.05, 4.69) is 20.2 Å². The first-order chi connectivity index (χ1) is 16.0. The summed E-state index contributed by atoms with van der Waals surface area (Å²) in [5.41, 5.74) is 3.37. The van der Waals surface area contributed by atoms with Crippen LogP contribution in [0.5, 0.6) is 0 Å². The maximum atomic E-state index is 13.0. The second-order valence-corrected chi connectivity index (χ2v) is 8.53. The van der Waals surface area contributed by atoms with E-state index in [1.807, 2.05) is 50.2 Å². The fourth-order valence-corrected chi connectivity index (χ4v) is 4.30. The maximum absolute atomic E-state index is 13.0. The standard InChI is InChI=1S/C24H25N7O2/c1-16-14-17(2)31-24(25-16)26-22(28-31)23(33)29-12-10-18(11-13-29)15-30-21(32)9-8-20(27-30)19-6-4-3-5-7-19/h3-9,14,18H,10-13,15H2,1-2H3. The highest BCUT2D eigenvalue weighted by molar-refractivity contribution is 5.91. The zero-order chi connectivity index (χ0) is 22.9. The molecule has 0 aliphatic carbocycles. The number of aromatic nitrogens is 6. The van der Waals surface area contributed by atoms with Gasteiger partial charge in [0.25, 0.3) is 17.2 Å². The SMILES string of the molecule is Cc1cc(C)n2nc(C(=O)N3CCC(Cn4nc(-c5ccccc5)ccc4=O)CC3)nc2n1. The Labute approximate surface area is 190 Å². The van der Waals surface area contributed by atoms with Crippen LogP contribution < -0.4 is 5.56 Å². The van der Waals surface area contributed by atoms with Gasteiger partial charge in [-0.2, -0.15) is 10.1 Å². The average molecular weight is 444 g/mol. The topological polar surface area (TPSA) is 98.3 Å². The van der Waals surface area contributed by atoms with Crippen LogP contribution in [0.15, 0.2) is 53.3 Å². The second kappa shape index (κ2) is 8.57. The Balaban J connectivity index is 1.26. The number of benzene rings is 1. The van der Waals surface area contributed by atoms with Crippen molar-refractivity contribution in [3.05, 3.63) is 76.1 Å². The number of amides is 1. The van der Waals surface area contributed by atoms with E-state index in [1.165, 1.54) is 0 Å². The molecule has 1 amide bonds. The predicted octanol–water partition coefficient (Wildman–Crippen LogP) is 2.52. The van der Waals surface area contributed by atoms with Crippen LogP contribution in [0.25, 0.3) is 17.0 Å². The van der Waals surface area contributed by atoms with E-state index in [0.717, 1.165) is 35.5 Å². The highest BCUT2D eigenvalue weighted by atomic mass is 16.2. The molecule has 0 spiro atoms. The lowest BCUT2D eigenvalue weighted by Gasteiger charge is -2.31. The number of carbonyl (C=O) groups excluding carboxylic acids is 1. The summed E-state index contributed by atoms with van der Waals surface area (Å²) in [7, 11) is 0. The lowest BCUT2D eigenvalue weighted by atomic mass is 9.96. The van der Waals surface area contributed by atoms with Gasteiger partial charge in [-0.1, -0.05) is 30.3 Å². The molecular weight excluding hydrogens is 418 g/mol. The van der Waals surface area contributed by atoms with Gasteiger partial charge in [0.1, 0.15) is 0 Å². The van der Waals surface area contributed by atoms with Crippen molar-refractivity contribution in [3.8, 4) is 11.3 Å². The Morgan fingerprint density at radius 1 is 1.00 bits per heavy atom. The van der Waals surface area contributed by atoms with E-state index < -0.39 is 0 Å². The second-order valence-electron chi connectivity index (χ2n) is 8.53. The summed E-state index contributed by atoms with van der Waals surface area (Å²) >= 11 is 0. The molecule has 0 N–H and O–H groups in total. The van der Waals surface area contributed by atoms with E-state index in [1.54, 1.807) is 26.2 Å². The number of rotatable bonds is 4. The quantitative estimate of drug-likeness (QED) is 0.481. The average Bonchev–Trinajstić information content (AvgIpc) is 3.25. The molecule has 0 atom stereocenters. The summed E-state index contributed by atoms with van der Waals surface area (Å²) in [5.74, 6) is 0.695. The predicted molar refractivity (Wildman–Crippen MR) is 123 cm³/mol. The minimum absolute atomic E-state index is 0.111. The van der Waals surface area contributed by atoms with Gasteiger partial charge >= 0.3 is 0 Å². The summed E-state index contributed by atoms with van der Waals surface area (Å²) < 4.78 is 3.15. The van der Waals surface area contributed by atoms with Crippen molar-refractivity contribution >= 4 is 11.7 Å². The van der Waals surface area contributed by atoms with Crippen LogP contribution in [0.1, 0.15) is 34.8 Å². The Hall–Kier alpha value is -3.88. The molecule has 168 valence electrons. The molecule has 4 heterocycles. The Morgan fingerprint density at radius 2 is 1.76 bits per heavy atom. The van der Waals surface area contributed by atoms with E-state index in [-0.39, 0.29) is 23.2 Å². The molecule has 9 nitrogen and oxygen atoms in total. The van der Waals surface area contributed by atoms with Crippen molar-refractivity contribution in [2.45, 2.75) is 33.2 Å². The minimum Gasteiger partial charge on any atom is -0.336 e. The van der Waals surface area contributed by atoms with E-state index in [0.29, 0.717) is 25.4 Å². The molecule has 4 aromatic rings. The summed E-state index contributed by atoms with van der Waals surface area (Å²) in [6.07, 6.45) is 1.58. The van der Waals surface area contributed by atoms with Gasteiger partial charge in [-0.15, -0.1) is 5.10 Å². The molecule has 1 aromatic carbocycles. The number of hydrogen-bond donors (Lipinski definition) is 0. The molecule has 5 rings (SSSR count). The lowest BCUT2D eigenvalue weighted by molar-refractivity contribution is 0.0668. The van der Waals surface area contributed by atoms with Crippen molar-refractivity contribution in [2.75, 3.05) is 13.1 Å². The normalized spacial score (nSPS) is 14.7. The van der Waals surface area contributed by atoms with E-state index >= 15 is 0 Å². The molecule has 0 unspecified atom stereocenters. The Bertz CT molecular complexity index is 1370. The zero-order valence-electron chi connectivity index (χ0n) is 18.7. The van der Waals surface area contributed by atoms with E-state index in [4.69, 9.17) is 0 Å². The monoisotopic (exact) mass is 443 g/mol.